The van der Waals surface area contributed by atoms with Crippen molar-refractivity contribution < 1.29 is 19.1 Å². The molecule has 0 aliphatic rings. The van der Waals surface area contributed by atoms with Crippen LogP contribution in [0.5, 0.6) is 0 Å². The van der Waals surface area contributed by atoms with E-state index in [2.05, 4.69) is 15.9 Å². The topological polar surface area (TPSA) is 52.6 Å². The highest BCUT2D eigenvalue weighted by atomic mass is 79.9. The standard InChI is InChI=1S/C19H19BrO4/c1-2-3-12-23-18(21)16-6-4-5-7-17(16)19(22)24-13-14-8-10-15(20)11-9-14/h4-11H,2-3,12-13H2,1H3. The number of esters is 2. The molecule has 2 aromatic rings. The van der Waals surface area contributed by atoms with Crippen molar-refractivity contribution >= 4 is 27.9 Å². The third-order valence-electron chi connectivity index (χ3n) is 3.38. The number of hydrogen-bond acceptors (Lipinski definition) is 4. The molecular weight excluding hydrogens is 372 g/mol. The van der Waals surface area contributed by atoms with E-state index in [1.165, 1.54) is 0 Å². The zero-order valence-electron chi connectivity index (χ0n) is 13.5. The van der Waals surface area contributed by atoms with Crippen LogP contribution < -0.4 is 0 Å². The smallest absolute Gasteiger partial charge is 0.339 e. The molecule has 0 amide bonds. The van der Waals surface area contributed by atoms with E-state index in [0.29, 0.717) is 6.61 Å². The molecule has 0 saturated heterocycles. The Kier molecular flexibility index (Phi) is 7.00. The van der Waals surface area contributed by atoms with Gasteiger partial charge in [-0.25, -0.2) is 9.59 Å². The molecule has 2 aromatic carbocycles. The quantitative estimate of drug-likeness (QED) is 0.504. The lowest BCUT2D eigenvalue weighted by molar-refractivity contribution is 0.0437. The number of carbonyl (C=O) groups excluding carboxylic acids is 2. The van der Waals surface area contributed by atoms with Gasteiger partial charge in [0.25, 0.3) is 0 Å². The van der Waals surface area contributed by atoms with Crippen molar-refractivity contribution in [2.75, 3.05) is 6.61 Å². The van der Waals surface area contributed by atoms with E-state index in [4.69, 9.17) is 9.47 Å². The molecule has 126 valence electrons. The third kappa shape index (κ3) is 5.20. The molecule has 0 aromatic heterocycles. The van der Waals surface area contributed by atoms with Gasteiger partial charge in [0.1, 0.15) is 6.61 Å². The van der Waals surface area contributed by atoms with Gasteiger partial charge >= 0.3 is 11.9 Å². The first-order chi connectivity index (χ1) is 11.6. The first-order valence-electron chi connectivity index (χ1n) is 7.79. The molecule has 0 N–H and O–H groups in total. The Balaban J connectivity index is 2.03. The predicted octanol–water partition coefficient (Wildman–Crippen LogP) is 4.76. The second-order valence-electron chi connectivity index (χ2n) is 5.24. The summed E-state index contributed by atoms with van der Waals surface area (Å²) in [7, 11) is 0. The molecule has 0 heterocycles. The highest BCUT2D eigenvalue weighted by molar-refractivity contribution is 9.10. The lowest BCUT2D eigenvalue weighted by atomic mass is 10.1. The first-order valence-corrected chi connectivity index (χ1v) is 8.59. The molecule has 0 fully saturated rings. The molecule has 0 aliphatic heterocycles. The van der Waals surface area contributed by atoms with Crippen LogP contribution in [0.15, 0.2) is 53.0 Å². The van der Waals surface area contributed by atoms with Crippen molar-refractivity contribution in [2.45, 2.75) is 26.4 Å². The third-order valence-corrected chi connectivity index (χ3v) is 3.91. The normalized spacial score (nSPS) is 10.2. The Labute approximate surface area is 149 Å². The lowest BCUT2D eigenvalue weighted by Gasteiger charge is -2.10. The van der Waals surface area contributed by atoms with Crippen molar-refractivity contribution in [1.82, 2.24) is 0 Å². The van der Waals surface area contributed by atoms with Crippen molar-refractivity contribution in [3.8, 4) is 0 Å². The number of hydrogen-bond donors (Lipinski definition) is 0. The first kappa shape index (κ1) is 18.2. The Morgan fingerprint density at radius 1 is 0.917 bits per heavy atom. The van der Waals surface area contributed by atoms with E-state index in [1.54, 1.807) is 24.3 Å². The van der Waals surface area contributed by atoms with Crippen LogP contribution in [0.1, 0.15) is 46.0 Å². The minimum absolute atomic E-state index is 0.144. The largest absolute Gasteiger partial charge is 0.462 e. The summed E-state index contributed by atoms with van der Waals surface area (Å²) in [4.78, 5) is 24.4. The molecule has 0 atom stereocenters. The lowest BCUT2D eigenvalue weighted by Crippen LogP contribution is -2.14. The summed E-state index contributed by atoms with van der Waals surface area (Å²) in [5.74, 6) is -1.04. The summed E-state index contributed by atoms with van der Waals surface area (Å²) < 4.78 is 11.4. The van der Waals surface area contributed by atoms with Gasteiger partial charge in [0.2, 0.25) is 0 Å². The molecule has 2 rings (SSSR count). The fourth-order valence-electron chi connectivity index (χ4n) is 2.03. The van der Waals surface area contributed by atoms with Gasteiger partial charge in [-0.3, -0.25) is 0 Å². The SMILES string of the molecule is CCCCOC(=O)c1ccccc1C(=O)OCc1ccc(Br)cc1. The summed E-state index contributed by atoms with van der Waals surface area (Å²) in [5.41, 5.74) is 1.32. The minimum Gasteiger partial charge on any atom is -0.462 e. The van der Waals surface area contributed by atoms with Crippen molar-refractivity contribution in [3.63, 3.8) is 0 Å². The van der Waals surface area contributed by atoms with Crippen LogP contribution in [-0.2, 0) is 16.1 Å². The van der Waals surface area contributed by atoms with E-state index in [9.17, 15) is 9.59 Å². The molecule has 24 heavy (non-hydrogen) atoms. The minimum atomic E-state index is -0.541. The van der Waals surface area contributed by atoms with Crippen molar-refractivity contribution in [3.05, 3.63) is 69.7 Å². The number of ether oxygens (including phenoxy) is 2. The van der Waals surface area contributed by atoms with Crippen LogP contribution in [0.3, 0.4) is 0 Å². The van der Waals surface area contributed by atoms with Crippen LogP contribution >= 0.6 is 15.9 Å². The van der Waals surface area contributed by atoms with Crippen molar-refractivity contribution in [1.29, 1.82) is 0 Å². The molecule has 4 nitrogen and oxygen atoms in total. The van der Waals surface area contributed by atoms with E-state index < -0.39 is 11.9 Å². The van der Waals surface area contributed by atoms with Gasteiger partial charge in [-0.15, -0.1) is 0 Å². The van der Waals surface area contributed by atoms with Crippen LogP contribution in [0, 0.1) is 0 Å². The summed E-state index contributed by atoms with van der Waals surface area (Å²) >= 11 is 3.35. The number of rotatable bonds is 7. The van der Waals surface area contributed by atoms with Gasteiger partial charge in [0.15, 0.2) is 0 Å². The van der Waals surface area contributed by atoms with Gasteiger partial charge in [-0.1, -0.05) is 53.5 Å². The summed E-state index contributed by atoms with van der Waals surface area (Å²) in [6.07, 6.45) is 1.73. The number of halogens is 1. The van der Waals surface area contributed by atoms with E-state index in [-0.39, 0.29) is 17.7 Å². The molecule has 0 unspecified atom stereocenters. The number of unbranched alkanes of at least 4 members (excludes halogenated alkanes) is 1. The Bertz CT molecular complexity index is 695. The van der Waals surface area contributed by atoms with Gasteiger partial charge in [0.05, 0.1) is 17.7 Å². The molecule has 0 bridgehead atoms. The highest BCUT2D eigenvalue weighted by Gasteiger charge is 2.18. The molecule has 0 saturated carbocycles. The Morgan fingerprint density at radius 2 is 1.50 bits per heavy atom. The van der Waals surface area contributed by atoms with Crippen LogP contribution in [0.2, 0.25) is 0 Å². The summed E-state index contributed by atoms with van der Waals surface area (Å²) in [6, 6.07) is 14.0. The van der Waals surface area contributed by atoms with Gasteiger partial charge < -0.3 is 9.47 Å². The summed E-state index contributed by atoms with van der Waals surface area (Å²) in [6.45, 7) is 2.50. The van der Waals surface area contributed by atoms with Gasteiger partial charge in [0, 0.05) is 4.47 Å². The maximum absolute atomic E-state index is 12.3. The number of benzene rings is 2. The van der Waals surface area contributed by atoms with E-state index in [0.717, 1.165) is 22.9 Å². The Morgan fingerprint density at radius 3 is 2.08 bits per heavy atom. The molecule has 0 spiro atoms. The monoisotopic (exact) mass is 390 g/mol. The van der Waals surface area contributed by atoms with Crippen molar-refractivity contribution in [2.24, 2.45) is 0 Å². The maximum atomic E-state index is 12.3. The Hall–Kier alpha value is -2.14. The molecular formula is C19H19BrO4. The van der Waals surface area contributed by atoms with Crippen LogP contribution in [0.4, 0.5) is 0 Å². The average Bonchev–Trinajstić information content (AvgIpc) is 2.61. The molecule has 5 heteroatoms. The average molecular weight is 391 g/mol. The fraction of sp³-hybridized carbons (Fsp3) is 0.263. The second-order valence-corrected chi connectivity index (χ2v) is 6.15. The fourth-order valence-corrected chi connectivity index (χ4v) is 2.30. The van der Waals surface area contributed by atoms with Crippen LogP contribution in [-0.4, -0.2) is 18.5 Å². The van der Waals surface area contributed by atoms with Gasteiger partial charge in [-0.2, -0.15) is 0 Å². The predicted molar refractivity (Wildman–Crippen MR) is 94.9 cm³/mol. The second kappa shape index (κ2) is 9.23. The van der Waals surface area contributed by atoms with Gasteiger partial charge in [-0.05, 0) is 36.2 Å². The molecule has 0 radical (unpaired) electrons. The molecule has 0 aliphatic carbocycles. The highest BCUT2D eigenvalue weighted by Crippen LogP contribution is 2.15. The number of carbonyl (C=O) groups is 2. The maximum Gasteiger partial charge on any atom is 0.339 e. The zero-order valence-corrected chi connectivity index (χ0v) is 15.0. The van der Waals surface area contributed by atoms with Crippen LogP contribution in [0.25, 0.3) is 0 Å². The van der Waals surface area contributed by atoms with E-state index in [1.807, 2.05) is 31.2 Å². The summed E-state index contributed by atoms with van der Waals surface area (Å²) in [5, 5.41) is 0. The zero-order chi connectivity index (χ0) is 17.4. The van der Waals surface area contributed by atoms with E-state index >= 15 is 0 Å².